The van der Waals surface area contributed by atoms with E-state index in [0.29, 0.717) is 17.9 Å². The summed E-state index contributed by atoms with van der Waals surface area (Å²) in [6.45, 7) is 5.25. The normalized spacial score (nSPS) is 18.0. The van der Waals surface area contributed by atoms with Gasteiger partial charge >= 0.3 is 0 Å². The van der Waals surface area contributed by atoms with Gasteiger partial charge < -0.3 is 15.4 Å². The van der Waals surface area contributed by atoms with Crippen LogP contribution in [0.25, 0.3) is 0 Å². The summed E-state index contributed by atoms with van der Waals surface area (Å²) in [5, 5.41) is 0. The van der Waals surface area contributed by atoms with Crippen molar-refractivity contribution in [2.45, 2.75) is 45.3 Å². The third-order valence-electron chi connectivity index (χ3n) is 3.65. The molecule has 2 rings (SSSR count). The molecule has 1 amide bonds. The fourth-order valence-corrected chi connectivity index (χ4v) is 3.18. The highest BCUT2D eigenvalue weighted by molar-refractivity contribution is 9.10. The van der Waals surface area contributed by atoms with Crippen LogP contribution in [0.4, 0.5) is 0 Å². The molecule has 0 saturated carbocycles. The Morgan fingerprint density at radius 3 is 2.77 bits per heavy atom. The van der Waals surface area contributed by atoms with Crippen molar-refractivity contribution in [2.24, 2.45) is 5.73 Å². The summed E-state index contributed by atoms with van der Waals surface area (Å²) in [4.78, 5) is 14.7. The summed E-state index contributed by atoms with van der Waals surface area (Å²) >= 11 is 3.45. The van der Waals surface area contributed by atoms with Gasteiger partial charge in [-0.15, -0.1) is 12.4 Å². The average molecular weight is 392 g/mol. The van der Waals surface area contributed by atoms with Gasteiger partial charge in [0.25, 0.3) is 5.91 Å². The molecular weight excluding hydrogens is 368 g/mol. The van der Waals surface area contributed by atoms with Crippen molar-refractivity contribution < 1.29 is 9.53 Å². The van der Waals surface area contributed by atoms with E-state index in [2.05, 4.69) is 15.9 Å². The Bertz CT molecular complexity index is 511. The van der Waals surface area contributed by atoms with Gasteiger partial charge in [-0.2, -0.15) is 0 Å². The molecule has 2 N–H and O–H groups in total. The van der Waals surface area contributed by atoms with Crippen molar-refractivity contribution in [1.29, 1.82) is 0 Å². The van der Waals surface area contributed by atoms with E-state index in [1.54, 1.807) is 0 Å². The average Bonchev–Trinajstić information content (AvgIpc) is 2.45. The van der Waals surface area contributed by atoms with Gasteiger partial charge in [0.05, 0.1) is 6.10 Å². The SMILES string of the molecule is CC(C)Oc1cc(Br)cc(C(=O)N2CCCCC2CN)c1.Cl. The van der Waals surface area contributed by atoms with Crippen LogP contribution < -0.4 is 10.5 Å². The van der Waals surface area contributed by atoms with E-state index in [1.165, 1.54) is 0 Å². The smallest absolute Gasteiger partial charge is 0.254 e. The highest BCUT2D eigenvalue weighted by atomic mass is 79.9. The topological polar surface area (TPSA) is 55.6 Å². The summed E-state index contributed by atoms with van der Waals surface area (Å²) in [5.41, 5.74) is 6.46. The number of carbonyl (C=O) groups is 1. The van der Waals surface area contributed by atoms with Crippen LogP contribution in [0.2, 0.25) is 0 Å². The van der Waals surface area contributed by atoms with Gasteiger partial charge in [-0.25, -0.2) is 0 Å². The predicted octanol–water partition coefficient (Wildman–Crippen LogP) is 3.61. The van der Waals surface area contributed by atoms with Gasteiger partial charge in [0.15, 0.2) is 0 Å². The first-order chi connectivity index (χ1) is 10.0. The van der Waals surface area contributed by atoms with Gasteiger partial charge in [-0.05, 0) is 51.3 Å². The van der Waals surface area contributed by atoms with E-state index in [0.717, 1.165) is 30.3 Å². The number of carbonyl (C=O) groups excluding carboxylic acids is 1. The third-order valence-corrected chi connectivity index (χ3v) is 4.11. The maximum absolute atomic E-state index is 12.8. The molecule has 6 heteroatoms. The lowest BCUT2D eigenvalue weighted by molar-refractivity contribution is 0.0622. The number of ether oxygens (including phenoxy) is 1. The first kappa shape index (κ1) is 19.3. The zero-order valence-corrected chi connectivity index (χ0v) is 15.5. The zero-order valence-electron chi connectivity index (χ0n) is 13.0. The molecule has 1 heterocycles. The monoisotopic (exact) mass is 390 g/mol. The molecule has 4 nitrogen and oxygen atoms in total. The minimum absolute atomic E-state index is 0. The fraction of sp³-hybridized carbons (Fsp3) is 0.562. The lowest BCUT2D eigenvalue weighted by Crippen LogP contribution is -2.47. The van der Waals surface area contributed by atoms with E-state index in [1.807, 2.05) is 36.9 Å². The maximum atomic E-state index is 12.8. The van der Waals surface area contributed by atoms with Crippen LogP contribution in [0.1, 0.15) is 43.5 Å². The molecule has 1 aliphatic rings. The molecule has 1 aromatic rings. The number of halogens is 2. The highest BCUT2D eigenvalue weighted by Gasteiger charge is 2.26. The molecule has 22 heavy (non-hydrogen) atoms. The summed E-state index contributed by atoms with van der Waals surface area (Å²) in [6, 6.07) is 5.69. The number of nitrogens with zero attached hydrogens (tertiary/aromatic N) is 1. The standard InChI is InChI=1S/C16H23BrN2O2.ClH/c1-11(2)21-15-8-12(7-13(17)9-15)16(20)19-6-4-3-5-14(19)10-18;/h7-9,11,14H,3-6,10,18H2,1-2H3;1H. The van der Waals surface area contributed by atoms with Gasteiger partial charge in [0.1, 0.15) is 5.75 Å². The summed E-state index contributed by atoms with van der Waals surface area (Å²) in [6.07, 6.45) is 3.26. The number of hydrogen-bond donors (Lipinski definition) is 1. The number of likely N-dealkylation sites (tertiary alicyclic amines) is 1. The van der Waals surface area contributed by atoms with E-state index in [-0.39, 0.29) is 30.5 Å². The second-order valence-electron chi connectivity index (χ2n) is 5.73. The van der Waals surface area contributed by atoms with Crippen LogP contribution >= 0.6 is 28.3 Å². The Balaban J connectivity index is 0.00000242. The van der Waals surface area contributed by atoms with Gasteiger partial charge in [0, 0.05) is 29.2 Å². The van der Waals surface area contributed by atoms with Crippen molar-refractivity contribution in [3.05, 3.63) is 28.2 Å². The second-order valence-corrected chi connectivity index (χ2v) is 6.64. The molecule has 1 aromatic carbocycles. The van der Waals surface area contributed by atoms with Crippen LogP contribution in [0.5, 0.6) is 5.75 Å². The molecule has 0 spiro atoms. The van der Waals surface area contributed by atoms with Crippen molar-refractivity contribution in [2.75, 3.05) is 13.1 Å². The summed E-state index contributed by atoms with van der Waals surface area (Å²) in [5.74, 6) is 0.754. The van der Waals surface area contributed by atoms with Crippen molar-refractivity contribution in [3.8, 4) is 5.75 Å². The van der Waals surface area contributed by atoms with Crippen molar-refractivity contribution in [1.82, 2.24) is 4.90 Å². The highest BCUT2D eigenvalue weighted by Crippen LogP contribution is 2.25. The molecule has 1 fully saturated rings. The van der Waals surface area contributed by atoms with Crippen LogP contribution in [-0.4, -0.2) is 36.0 Å². The van der Waals surface area contributed by atoms with Gasteiger partial charge in [-0.1, -0.05) is 15.9 Å². The quantitative estimate of drug-likeness (QED) is 0.853. The second kappa shape index (κ2) is 8.75. The van der Waals surface area contributed by atoms with Crippen LogP contribution in [0.15, 0.2) is 22.7 Å². The third kappa shape index (κ3) is 4.86. The first-order valence-corrected chi connectivity index (χ1v) is 8.29. The Morgan fingerprint density at radius 1 is 1.41 bits per heavy atom. The van der Waals surface area contributed by atoms with Crippen molar-refractivity contribution in [3.63, 3.8) is 0 Å². The first-order valence-electron chi connectivity index (χ1n) is 7.49. The Hall–Kier alpha value is -0.780. The fourth-order valence-electron chi connectivity index (χ4n) is 2.71. The maximum Gasteiger partial charge on any atom is 0.254 e. The molecule has 0 radical (unpaired) electrons. The van der Waals surface area contributed by atoms with Gasteiger partial charge in [0.2, 0.25) is 0 Å². The molecule has 0 bridgehead atoms. The van der Waals surface area contributed by atoms with Crippen LogP contribution in [-0.2, 0) is 0 Å². The molecule has 0 aliphatic carbocycles. The number of piperidine rings is 1. The number of nitrogens with two attached hydrogens (primary N) is 1. The molecule has 1 unspecified atom stereocenters. The molecule has 124 valence electrons. The van der Waals surface area contributed by atoms with Crippen molar-refractivity contribution >= 4 is 34.2 Å². The van der Waals surface area contributed by atoms with E-state index >= 15 is 0 Å². The van der Waals surface area contributed by atoms with Gasteiger partial charge in [-0.3, -0.25) is 4.79 Å². The molecule has 0 aromatic heterocycles. The van der Waals surface area contributed by atoms with E-state index < -0.39 is 0 Å². The number of amides is 1. The largest absolute Gasteiger partial charge is 0.491 e. The number of rotatable bonds is 4. The minimum Gasteiger partial charge on any atom is -0.491 e. The van der Waals surface area contributed by atoms with E-state index in [9.17, 15) is 4.79 Å². The Labute approximate surface area is 146 Å². The predicted molar refractivity (Wildman–Crippen MR) is 94.9 cm³/mol. The lowest BCUT2D eigenvalue weighted by Gasteiger charge is -2.35. The van der Waals surface area contributed by atoms with Crippen LogP contribution in [0, 0.1) is 0 Å². The molecule has 1 atom stereocenters. The minimum atomic E-state index is 0. The Kier molecular flexibility index (Phi) is 7.66. The summed E-state index contributed by atoms with van der Waals surface area (Å²) in [7, 11) is 0. The summed E-state index contributed by atoms with van der Waals surface area (Å²) < 4.78 is 6.55. The molecule has 1 aliphatic heterocycles. The molecule has 1 saturated heterocycles. The number of hydrogen-bond acceptors (Lipinski definition) is 3. The number of benzene rings is 1. The van der Waals surface area contributed by atoms with E-state index in [4.69, 9.17) is 10.5 Å². The zero-order chi connectivity index (χ0) is 15.4. The Morgan fingerprint density at radius 2 is 2.14 bits per heavy atom. The van der Waals surface area contributed by atoms with Crippen LogP contribution in [0.3, 0.4) is 0 Å². The molecular formula is C16H24BrClN2O2. The lowest BCUT2D eigenvalue weighted by atomic mass is 10.0.